The van der Waals surface area contributed by atoms with Gasteiger partial charge < -0.3 is 4.74 Å². The first-order valence-electron chi connectivity index (χ1n) is 7.80. The van der Waals surface area contributed by atoms with Gasteiger partial charge in [-0.05, 0) is 34.9 Å². The molecule has 0 amide bonds. The number of rotatable bonds is 7. The molecule has 0 aliphatic heterocycles. The maximum Gasteiger partial charge on any atom is 0.305 e. The number of fused-ring (bicyclic) bond motifs is 3. The lowest BCUT2D eigenvalue weighted by atomic mass is 9.98. The number of esters is 1. The highest BCUT2D eigenvalue weighted by Crippen LogP contribution is 2.44. The summed E-state index contributed by atoms with van der Waals surface area (Å²) >= 11 is 0. The van der Waals surface area contributed by atoms with Gasteiger partial charge >= 0.3 is 5.97 Å². The second kappa shape index (κ2) is 7.93. The smallest absolute Gasteiger partial charge is 0.305 e. The van der Waals surface area contributed by atoms with Gasteiger partial charge in [0, 0.05) is 18.1 Å². The highest BCUT2D eigenvalue weighted by molar-refractivity contribution is 8.76. The van der Waals surface area contributed by atoms with E-state index in [9.17, 15) is 4.79 Å². The van der Waals surface area contributed by atoms with Gasteiger partial charge in [0.05, 0.1) is 0 Å². The average molecular weight is 345 g/mol. The van der Waals surface area contributed by atoms with Crippen LogP contribution in [0.25, 0.3) is 11.1 Å². The fourth-order valence-electron chi connectivity index (χ4n) is 3.05. The van der Waals surface area contributed by atoms with E-state index >= 15 is 0 Å². The molecule has 0 spiro atoms. The fourth-order valence-corrected chi connectivity index (χ4v) is 4.33. The number of ether oxygens (including phenoxy) is 1. The van der Waals surface area contributed by atoms with Crippen molar-refractivity contribution in [3.63, 3.8) is 0 Å². The Labute approximate surface area is 145 Å². The summed E-state index contributed by atoms with van der Waals surface area (Å²) in [5.41, 5.74) is 5.06. The summed E-state index contributed by atoms with van der Waals surface area (Å²) < 4.78 is 5.56. The van der Waals surface area contributed by atoms with Crippen LogP contribution in [-0.2, 0) is 9.53 Å². The minimum atomic E-state index is -0.0893. The summed E-state index contributed by atoms with van der Waals surface area (Å²) in [6.07, 6.45) is 3.43. The molecule has 2 nitrogen and oxygen atoms in total. The molecule has 1 aliphatic carbocycles. The first-order valence-corrected chi connectivity index (χ1v) is 10.5. The molecule has 0 heterocycles. The lowest BCUT2D eigenvalue weighted by Crippen LogP contribution is -2.12. The molecule has 4 heteroatoms. The lowest BCUT2D eigenvalue weighted by Gasteiger charge is -2.14. The lowest BCUT2D eigenvalue weighted by molar-refractivity contribution is -0.143. The molecule has 3 rings (SSSR count). The molecule has 0 fully saturated rings. The zero-order valence-corrected chi connectivity index (χ0v) is 14.8. The van der Waals surface area contributed by atoms with Crippen molar-refractivity contribution in [3.05, 3.63) is 59.7 Å². The topological polar surface area (TPSA) is 26.3 Å². The molecule has 0 saturated heterocycles. The van der Waals surface area contributed by atoms with E-state index in [-0.39, 0.29) is 11.9 Å². The van der Waals surface area contributed by atoms with Gasteiger partial charge in [-0.2, -0.15) is 0 Å². The van der Waals surface area contributed by atoms with Gasteiger partial charge in [0.2, 0.25) is 0 Å². The van der Waals surface area contributed by atoms with Crippen LogP contribution in [0, 0.1) is 0 Å². The molecule has 2 aromatic rings. The monoisotopic (exact) mass is 344 g/mol. The van der Waals surface area contributed by atoms with Crippen LogP contribution in [-0.4, -0.2) is 24.6 Å². The summed E-state index contributed by atoms with van der Waals surface area (Å²) in [6.45, 7) is 0.433. The molecule has 0 saturated carbocycles. The van der Waals surface area contributed by atoms with Crippen LogP contribution in [0.15, 0.2) is 48.5 Å². The average Bonchev–Trinajstić information content (AvgIpc) is 2.91. The Hall–Kier alpha value is -1.39. The van der Waals surface area contributed by atoms with Crippen LogP contribution < -0.4 is 0 Å². The predicted octanol–water partition coefficient (Wildman–Crippen LogP) is 5.13. The quantitative estimate of drug-likeness (QED) is 0.395. The van der Waals surface area contributed by atoms with Crippen molar-refractivity contribution < 1.29 is 9.53 Å². The van der Waals surface area contributed by atoms with Crippen LogP contribution in [0.2, 0.25) is 0 Å². The van der Waals surface area contributed by atoms with E-state index in [1.54, 1.807) is 21.6 Å². The Morgan fingerprint density at radius 1 is 1.04 bits per heavy atom. The molecular formula is C19H20O2S2. The SMILES string of the molecule is CSSCCCC(=O)OCC1c2ccccc2-c2ccccc21. The zero-order valence-electron chi connectivity index (χ0n) is 13.2. The van der Waals surface area contributed by atoms with Crippen molar-refractivity contribution >= 4 is 27.6 Å². The maximum atomic E-state index is 11.9. The van der Waals surface area contributed by atoms with Crippen molar-refractivity contribution in [2.75, 3.05) is 18.6 Å². The van der Waals surface area contributed by atoms with Gasteiger partial charge in [-0.15, -0.1) is 0 Å². The molecule has 0 bridgehead atoms. The van der Waals surface area contributed by atoms with Gasteiger partial charge in [0.15, 0.2) is 0 Å². The van der Waals surface area contributed by atoms with E-state index in [4.69, 9.17) is 4.74 Å². The number of hydrogen-bond donors (Lipinski definition) is 0. The molecule has 120 valence electrons. The summed E-state index contributed by atoms with van der Waals surface area (Å²) in [4.78, 5) is 11.9. The summed E-state index contributed by atoms with van der Waals surface area (Å²) in [5.74, 6) is 1.06. The molecule has 2 aromatic carbocycles. The minimum absolute atomic E-state index is 0.0893. The third kappa shape index (κ3) is 3.75. The standard InChI is InChI=1S/C19H20O2S2/c1-22-23-12-6-11-19(20)21-13-18-16-9-4-2-7-14(16)15-8-3-5-10-17(15)18/h2-5,7-10,18H,6,11-13H2,1H3. The zero-order chi connectivity index (χ0) is 16.1. The molecule has 0 unspecified atom stereocenters. The second-order valence-corrected chi connectivity index (χ2v) is 8.19. The molecule has 0 atom stereocenters. The van der Waals surface area contributed by atoms with Crippen LogP contribution in [0.4, 0.5) is 0 Å². The maximum absolute atomic E-state index is 11.9. The molecule has 0 N–H and O–H groups in total. The van der Waals surface area contributed by atoms with E-state index in [0.29, 0.717) is 13.0 Å². The van der Waals surface area contributed by atoms with E-state index in [0.717, 1.165) is 12.2 Å². The van der Waals surface area contributed by atoms with Crippen molar-refractivity contribution in [1.82, 2.24) is 0 Å². The van der Waals surface area contributed by atoms with E-state index in [1.165, 1.54) is 22.3 Å². The first kappa shape index (κ1) is 16.5. The highest BCUT2D eigenvalue weighted by atomic mass is 33.1. The van der Waals surface area contributed by atoms with Crippen molar-refractivity contribution in [3.8, 4) is 11.1 Å². The highest BCUT2D eigenvalue weighted by Gasteiger charge is 2.28. The third-order valence-electron chi connectivity index (χ3n) is 4.10. The summed E-state index contributed by atoms with van der Waals surface area (Å²) in [6, 6.07) is 16.8. The Morgan fingerprint density at radius 3 is 2.26 bits per heavy atom. The van der Waals surface area contributed by atoms with Crippen molar-refractivity contribution in [1.29, 1.82) is 0 Å². The van der Waals surface area contributed by atoms with Crippen LogP contribution in [0.5, 0.6) is 0 Å². The van der Waals surface area contributed by atoms with Gasteiger partial charge in [0.1, 0.15) is 6.61 Å². The Balaban J connectivity index is 1.65. The van der Waals surface area contributed by atoms with Gasteiger partial charge in [-0.1, -0.05) is 70.1 Å². The summed E-state index contributed by atoms with van der Waals surface area (Å²) in [7, 11) is 3.52. The normalized spacial score (nSPS) is 12.7. The molecule has 0 aromatic heterocycles. The van der Waals surface area contributed by atoms with E-state index < -0.39 is 0 Å². The number of benzene rings is 2. The number of carbonyl (C=O) groups is 1. The Bertz CT molecular complexity index is 639. The Kier molecular flexibility index (Phi) is 5.68. The largest absolute Gasteiger partial charge is 0.465 e. The van der Waals surface area contributed by atoms with Gasteiger partial charge in [0.25, 0.3) is 0 Å². The Morgan fingerprint density at radius 2 is 1.65 bits per heavy atom. The fraction of sp³-hybridized carbons (Fsp3) is 0.316. The van der Waals surface area contributed by atoms with Gasteiger partial charge in [-0.25, -0.2) is 0 Å². The molecule has 1 aliphatic rings. The molecular weight excluding hydrogens is 324 g/mol. The summed E-state index contributed by atoms with van der Waals surface area (Å²) in [5, 5.41) is 0. The van der Waals surface area contributed by atoms with Gasteiger partial charge in [-0.3, -0.25) is 4.79 Å². The molecule has 0 radical (unpaired) electrons. The van der Waals surface area contributed by atoms with Crippen molar-refractivity contribution in [2.45, 2.75) is 18.8 Å². The third-order valence-corrected chi connectivity index (χ3v) is 6.00. The van der Waals surface area contributed by atoms with Crippen LogP contribution in [0.3, 0.4) is 0 Å². The molecule has 23 heavy (non-hydrogen) atoms. The van der Waals surface area contributed by atoms with Crippen LogP contribution >= 0.6 is 21.6 Å². The van der Waals surface area contributed by atoms with Crippen molar-refractivity contribution in [2.24, 2.45) is 0 Å². The number of carbonyl (C=O) groups excluding carboxylic acids is 1. The van der Waals surface area contributed by atoms with E-state index in [1.807, 2.05) is 0 Å². The second-order valence-electron chi connectivity index (χ2n) is 5.50. The number of hydrogen-bond acceptors (Lipinski definition) is 4. The predicted molar refractivity (Wildman–Crippen MR) is 99.9 cm³/mol. The minimum Gasteiger partial charge on any atom is -0.465 e. The van der Waals surface area contributed by atoms with Crippen LogP contribution in [0.1, 0.15) is 29.9 Å². The first-order chi connectivity index (χ1) is 11.3. The van der Waals surface area contributed by atoms with E-state index in [2.05, 4.69) is 54.8 Å².